The highest BCUT2D eigenvalue weighted by molar-refractivity contribution is 7.26. The van der Waals surface area contributed by atoms with E-state index in [1.54, 1.807) is 0 Å². The van der Waals surface area contributed by atoms with Crippen LogP contribution in [0.4, 0.5) is 0 Å². The standard InChI is InChI=1S/C51H30N4OS/c1-3-13-31(14-4-1)32-23-25-34(26-24-32)50-52-49(33-15-5-2-6-16-33)53-51(54-50)39-28-30-42(47-45(39)38-19-8-11-21-43(38)56-47)55-40-20-10-7-18-37(40)46-41(55)29-27-36-35-17-9-12-22-44(35)57-48(36)46/h1-30H. The van der Waals surface area contributed by atoms with Crippen molar-refractivity contribution in [2.24, 2.45) is 0 Å². The third-order valence-electron chi connectivity index (χ3n) is 11.1. The third kappa shape index (κ3) is 4.98. The highest BCUT2D eigenvalue weighted by atomic mass is 32.1. The van der Waals surface area contributed by atoms with Gasteiger partial charge in [0.25, 0.3) is 0 Å². The molecule has 0 radical (unpaired) electrons. The van der Waals surface area contributed by atoms with Crippen molar-refractivity contribution in [3.63, 3.8) is 0 Å². The van der Waals surface area contributed by atoms with Gasteiger partial charge in [-0.05, 0) is 47.5 Å². The monoisotopic (exact) mass is 746 g/mol. The van der Waals surface area contributed by atoms with E-state index in [4.69, 9.17) is 19.4 Å². The van der Waals surface area contributed by atoms with Gasteiger partial charge in [0, 0.05) is 58.4 Å². The zero-order chi connectivity index (χ0) is 37.5. The molecule has 57 heavy (non-hydrogen) atoms. The SMILES string of the molecule is c1ccc(-c2ccc(-c3nc(-c4ccccc4)nc(-c4ccc(-n5c6ccccc6c6c7sc8ccccc8c7ccc65)c5oc6ccccc6c45)n3)cc2)cc1. The molecular weight excluding hydrogens is 717 g/mol. The second kappa shape index (κ2) is 12.6. The molecule has 0 spiro atoms. The Morgan fingerprint density at radius 1 is 0.404 bits per heavy atom. The lowest BCUT2D eigenvalue weighted by molar-refractivity contribution is 0.666. The van der Waals surface area contributed by atoms with Crippen molar-refractivity contribution in [2.45, 2.75) is 0 Å². The molecule has 0 aliphatic carbocycles. The average Bonchev–Trinajstić information content (AvgIpc) is 3.97. The van der Waals surface area contributed by atoms with Gasteiger partial charge in [0.15, 0.2) is 23.1 Å². The Morgan fingerprint density at radius 3 is 1.79 bits per heavy atom. The molecule has 0 aliphatic rings. The fourth-order valence-corrected chi connectivity index (χ4v) is 9.71. The summed E-state index contributed by atoms with van der Waals surface area (Å²) < 4.78 is 11.9. The van der Waals surface area contributed by atoms with Gasteiger partial charge in [0.2, 0.25) is 0 Å². The quantitative estimate of drug-likeness (QED) is 0.176. The molecule has 0 unspecified atom stereocenters. The van der Waals surface area contributed by atoms with Gasteiger partial charge in [-0.2, -0.15) is 0 Å². The van der Waals surface area contributed by atoms with Gasteiger partial charge < -0.3 is 8.98 Å². The van der Waals surface area contributed by atoms with Crippen molar-refractivity contribution in [3.8, 4) is 51.0 Å². The molecule has 4 heterocycles. The molecular formula is C51H30N4OS. The van der Waals surface area contributed by atoms with Gasteiger partial charge in [-0.15, -0.1) is 11.3 Å². The zero-order valence-corrected chi connectivity index (χ0v) is 31.2. The van der Waals surface area contributed by atoms with E-state index in [-0.39, 0.29) is 0 Å². The van der Waals surface area contributed by atoms with Crippen LogP contribution in [0, 0.1) is 0 Å². The number of fused-ring (bicyclic) bond motifs is 10. The van der Waals surface area contributed by atoms with Crippen LogP contribution in [0.25, 0.3) is 115 Å². The Kier molecular flexibility index (Phi) is 7.03. The lowest BCUT2D eigenvalue weighted by Crippen LogP contribution is -2.01. The van der Waals surface area contributed by atoms with Gasteiger partial charge in [0.05, 0.1) is 16.7 Å². The normalized spacial score (nSPS) is 11.9. The molecule has 0 bridgehead atoms. The number of aromatic nitrogens is 4. The summed E-state index contributed by atoms with van der Waals surface area (Å²) in [7, 11) is 0. The van der Waals surface area contributed by atoms with E-state index in [1.165, 1.54) is 30.9 Å². The fraction of sp³-hybridized carbons (Fsp3) is 0. The van der Waals surface area contributed by atoms with Crippen LogP contribution in [-0.2, 0) is 0 Å². The van der Waals surface area contributed by atoms with Gasteiger partial charge >= 0.3 is 0 Å². The van der Waals surface area contributed by atoms with Crippen LogP contribution in [0.15, 0.2) is 186 Å². The van der Waals surface area contributed by atoms with Crippen LogP contribution in [0.1, 0.15) is 0 Å². The van der Waals surface area contributed by atoms with Crippen LogP contribution in [-0.4, -0.2) is 19.5 Å². The van der Waals surface area contributed by atoms with Crippen LogP contribution in [0.3, 0.4) is 0 Å². The Balaban J connectivity index is 1.11. The molecule has 0 fully saturated rings. The molecule has 5 nitrogen and oxygen atoms in total. The predicted molar refractivity (Wildman–Crippen MR) is 236 cm³/mol. The van der Waals surface area contributed by atoms with Crippen molar-refractivity contribution in [2.75, 3.05) is 0 Å². The first kappa shape index (κ1) is 31.9. The van der Waals surface area contributed by atoms with E-state index in [0.29, 0.717) is 17.5 Å². The fourth-order valence-electron chi connectivity index (χ4n) is 8.46. The molecule has 6 heteroatoms. The first-order valence-corrected chi connectivity index (χ1v) is 19.8. The van der Waals surface area contributed by atoms with Gasteiger partial charge in [-0.1, -0.05) is 146 Å². The molecule has 266 valence electrons. The number of rotatable bonds is 5. The molecule has 0 saturated heterocycles. The highest BCUT2D eigenvalue weighted by Gasteiger charge is 2.24. The lowest BCUT2D eigenvalue weighted by atomic mass is 10.0. The van der Waals surface area contributed by atoms with Crippen molar-refractivity contribution in [1.29, 1.82) is 0 Å². The van der Waals surface area contributed by atoms with E-state index >= 15 is 0 Å². The van der Waals surface area contributed by atoms with Crippen molar-refractivity contribution < 1.29 is 4.42 Å². The summed E-state index contributed by atoms with van der Waals surface area (Å²) >= 11 is 1.86. The van der Waals surface area contributed by atoms with E-state index in [1.807, 2.05) is 59.9 Å². The number of nitrogens with zero attached hydrogens (tertiary/aromatic N) is 4. The van der Waals surface area contributed by atoms with Gasteiger partial charge in [-0.25, -0.2) is 15.0 Å². The Hall–Kier alpha value is -7.41. The van der Waals surface area contributed by atoms with Crippen LogP contribution >= 0.6 is 11.3 Å². The number of hydrogen-bond acceptors (Lipinski definition) is 5. The molecule has 0 aliphatic heterocycles. The average molecular weight is 747 g/mol. The molecule has 12 aromatic rings. The van der Waals surface area contributed by atoms with Crippen molar-refractivity contribution in [3.05, 3.63) is 182 Å². The van der Waals surface area contributed by atoms with E-state index < -0.39 is 0 Å². The molecule has 0 saturated carbocycles. The maximum absolute atomic E-state index is 6.90. The summed E-state index contributed by atoms with van der Waals surface area (Å²) in [5, 5.41) is 7.01. The molecule has 0 N–H and O–H groups in total. The lowest BCUT2D eigenvalue weighted by Gasteiger charge is -2.13. The van der Waals surface area contributed by atoms with Crippen molar-refractivity contribution in [1.82, 2.24) is 19.5 Å². The summed E-state index contributed by atoms with van der Waals surface area (Å²) in [5.41, 5.74) is 9.83. The van der Waals surface area contributed by atoms with Crippen LogP contribution in [0.5, 0.6) is 0 Å². The third-order valence-corrected chi connectivity index (χ3v) is 12.3. The number of furan rings is 1. The number of thiophene rings is 1. The predicted octanol–water partition coefficient (Wildman–Crippen LogP) is 13.9. The maximum Gasteiger partial charge on any atom is 0.164 e. The Morgan fingerprint density at radius 2 is 1.00 bits per heavy atom. The molecule has 0 atom stereocenters. The zero-order valence-electron chi connectivity index (χ0n) is 30.4. The Bertz CT molecular complexity index is 3510. The van der Waals surface area contributed by atoms with Crippen LogP contribution < -0.4 is 0 Å². The van der Waals surface area contributed by atoms with Gasteiger partial charge in [0.1, 0.15) is 5.58 Å². The molecule has 4 aromatic heterocycles. The van der Waals surface area contributed by atoms with Crippen molar-refractivity contribution >= 4 is 75.3 Å². The Labute approximate surface area is 330 Å². The highest BCUT2D eigenvalue weighted by Crippen LogP contribution is 2.46. The summed E-state index contributed by atoms with van der Waals surface area (Å²) in [6.07, 6.45) is 0. The van der Waals surface area contributed by atoms with E-state index in [9.17, 15) is 0 Å². The first-order valence-electron chi connectivity index (χ1n) is 19.0. The van der Waals surface area contributed by atoms with Gasteiger partial charge in [-0.3, -0.25) is 0 Å². The smallest absolute Gasteiger partial charge is 0.164 e. The molecule has 12 rings (SSSR count). The second-order valence-electron chi connectivity index (χ2n) is 14.3. The topological polar surface area (TPSA) is 56.7 Å². The second-order valence-corrected chi connectivity index (χ2v) is 15.4. The largest absolute Gasteiger partial charge is 0.454 e. The minimum absolute atomic E-state index is 0.586. The maximum atomic E-state index is 6.90. The first-order chi connectivity index (χ1) is 28.3. The summed E-state index contributed by atoms with van der Waals surface area (Å²) in [5.74, 6) is 1.81. The van der Waals surface area contributed by atoms with E-state index in [2.05, 4.69) is 138 Å². The summed E-state index contributed by atoms with van der Waals surface area (Å²) in [6.45, 7) is 0. The molecule has 8 aromatic carbocycles. The number of benzene rings is 8. The van der Waals surface area contributed by atoms with E-state index in [0.717, 1.165) is 66.5 Å². The number of hydrogen-bond donors (Lipinski definition) is 0. The summed E-state index contributed by atoms with van der Waals surface area (Å²) in [6, 6.07) is 63.5. The summed E-state index contributed by atoms with van der Waals surface area (Å²) in [4.78, 5) is 15.4. The molecule has 0 amide bonds. The minimum atomic E-state index is 0.586. The minimum Gasteiger partial charge on any atom is -0.454 e. The number of para-hydroxylation sites is 2. The van der Waals surface area contributed by atoms with Crippen LogP contribution in [0.2, 0.25) is 0 Å².